The zero-order valence-corrected chi connectivity index (χ0v) is 15.3. The molecule has 0 unspecified atom stereocenters. The summed E-state index contributed by atoms with van der Waals surface area (Å²) in [5.74, 6) is 0.0655. The number of nitrogens with one attached hydrogen (secondary N) is 2. The van der Waals surface area contributed by atoms with Crippen molar-refractivity contribution < 1.29 is 4.79 Å². The van der Waals surface area contributed by atoms with Crippen LogP contribution in [0, 0.1) is 0 Å². The molecule has 4 aromatic rings. The Kier molecular flexibility index (Phi) is 4.43. The van der Waals surface area contributed by atoms with Gasteiger partial charge in [0.05, 0.1) is 16.0 Å². The normalized spacial score (nSPS) is 10.7. The third-order valence-electron chi connectivity index (χ3n) is 4.15. The first kappa shape index (κ1) is 17.0. The molecule has 0 radical (unpaired) electrons. The quantitative estimate of drug-likeness (QED) is 0.565. The molecule has 2 aromatic carbocycles. The predicted molar refractivity (Wildman–Crippen MR) is 109 cm³/mol. The van der Waals surface area contributed by atoms with Crippen molar-refractivity contribution in [3.63, 3.8) is 0 Å². The molecule has 0 saturated carbocycles. The lowest BCUT2D eigenvalue weighted by atomic mass is 10.2. The lowest BCUT2D eigenvalue weighted by Gasteiger charge is -2.10. The van der Waals surface area contributed by atoms with Crippen molar-refractivity contribution >= 4 is 44.8 Å². The molecular weight excluding hydrogens is 360 g/mol. The summed E-state index contributed by atoms with van der Waals surface area (Å²) in [7, 11) is 1.72. The number of para-hydroxylation sites is 2. The van der Waals surface area contributed by atoms with Gasteiger partial charge < -0.3 is 15.2 Å². The Labute approximate surface area is 159 Å². The van der Waals surface area contributed by atoms with Crippen molar-refractivity contribution in [3.8, 4) is 0 Å². The van der Waals surface area contributed by atoms with Crippen LogP contribution in [0.5, 0.6) is 0 Å². The fourth-order valence-corrected chi connectivity index (χ4v) is 3.35. The summed E-state index contributed by atoms with van der Waals surface area (Å²) in [5.41, 5.74) is 2.51. The molecule has 0 saturated heterocycles. The summed E-state index contributed by atoms with van der Waals surface area (Å²) in [6.07, 6.45) is 0. The van der Waals surface area contributed by atoms with Crippen molar-refractivity contribution in [2.24, 2.45) is 7.05 Å². The molecule has 7 heteroatoms. The number of benzene rings is 2. The third-order valence-corrected chi connectivity index (χ3v) is 4.94. The van der Waals surface area contributed by atoms with Crippen LogP contribution in [0.25, 0.3) is 11.0 Å². The van der Waals surface area contributed by atoms with Crippen molar-refractivity contribution in [2.75, 3.05) is 10.6 Å². The van der Waals surface area contributed by atoms with Gasteiger partial charge in [-0.25, -0.2) is 4.98 Å². The zero-order chi connectivity index (χ0) is 18.8. The number of hydrogen-bond donors (Lipinski definition) is 2. The van der Waals surface area contributed by atoms with Gasteiger partial charge in [-0.2, -0.15) is 0 Å². The van der Waals surface area contributed by atoms with Crippen molar-refractivity contribution in [3.05, 3.63) is 82.0 Å². The largest absolute Gasteiger partial charge is 0.336 e. The average Bonchev–Trinajstić information content (AvgIpc) is 3.19. The molecule has 134 valence electrons. The van der Waals surface area contributed by atoms with E-state index in [2.05, 4.69) is 15.6 Å². The van der Waals surface area contributed by atoms with Gasteiger partial charge in [0.25, 0.3) is 11.5 Å². The minimum absolute atomic E-state index is 0.177. The SMILES string of the molecule is Cn1c(=O)c(Nc2ccc(C(=O)Nc3cccs3)cc2)nc2ccccc21. The van der Waals surface area contributed by atoms with E-state index in [1.165, 1.54) is 11.3 Å². The van der Waals surface area contributed by atoms with Crippen LogP contribution in [0.15, 0.2) is 70.8 Å². The fourth-order valence-electron chi connectivity index (χ4n) is 2.74. The second-order valence-electron chi connectivity index (χ2n) is 5.95. The van der Waals surface area contributed by atoms with Crippen LogP contribution in [0.3, 0.4) is 0 Å². The first-order valence-electron chi connectivity index (χ1n) is 8.29. The van der Waals surface area contributed by atoms with Crippen LogP contribution in [0.4, 0.5) is 16.5 Å². The van der Waals surface area contributed by atoms with Gasteiger partial charge in [0.2, 0.25) is 0 Å². The van der Waals surface area contributed by atoms with Crippen LogP contribution in [0.2, 0.25) is 0 Å². The molecule has 2 aromatic heterocycles. The molecule has 2 N–H and O–H groups in total. The molecule has 27 heavy (non-hydrogen) atoms. The van der Waals surface area contributed by atoms with E-state index in [0.29, 0.717) is 11.3 Å². The summed E-state index contributed by atoms with van der Waals surface area (Å²) < 4.78 is 1.56. The Morgan fingerprint density at radius 2 is 1.81 bits per heavy atom. The van der Waals surface area contributed by atoms with E-state index in [-0.39, 0.29) is 17.3 Å². The molecule has 0 spiro atoms. The minimum atomic E-state index is -0.215. The van der Waals surface area contributed by atoms with Crippen molar-refractivity contribution in [1.82, 2.24) is 9.55 Å². The highest BCUT2D eigenvalue weighted by Crippen LogP contribution is 2.19. The molecule has 1 amide bonds. The highest BCUT2D eigenvalue weighted by molar-refractivity contribution is 7.14. The smallest absolute Gasteiger partial charge is 0.293 e. The van der Waals surface area contributed by atoms with Gasteiger partial charge >= 0.3 is 0 Å². The highest BCUT2D eigenvalue weighted by Gasteiger charge is 2.10. The highest BCUT2D eigenvalue weighted by atomic mass is 32.1. The van der Waals surface area contributed by atoms with Gasteiger partial charge in [-0.1, -0.05) is 12.1 Å². The van der Waals surface area contributed by atoms with Crippen LogP contribution < -0.4 is 16.2 Å². The van der Waals surface area contributed by atoms with Crippen LogP contribution in [-0.4, -0.2) is 15.5 Å². The Morgan fingerprint density at radius 1 is 1.04 bits per heavy atom. The van der Waals surface area contributed by atoms with Gasteiger partial charge in [-0.3, -0.25) is 9.59 Å². The minimum Gasteiger partial charge on any atom is -0.336 e. The molecule has 0 aliphatic heterocycles. The molecule has 2 heterocycles. The molecule has 4 rings (SSSR count). The lowest BCUT2D eigenvalue weighted by Crippen LogP contribution is -2.21. The van der Waals surface area contributed by atoms with Crippen LogP contribution in [-0.2, 0) is 7.05 Å². The van der Waals surface area contributed by atoms with E-state index in [9.17, 15) is 9.59 Å². The number of aryl methyl sites for hydroxylation is 1. The fraction of sp³-hybridized carbons (Fsp3) is 0.0500. The van der Waals surface area contributed by atoms with Crippen LogP contribution in [0.1, 0.15) is 10.4 Å². The Balaban J connectivity index is 1.57. The van der Waals surface area contributed by atoms with Gasteiger partial charge in [-0.05, 0) is 53.9 Å². The number of hydrogen-bond acceptors (Lipinski definition) is 5. The summed E-state index contributed by atoms with van der Waals surface area (Å²) in [6.45, 7) is 0. The number of rotatable bonds is 4. The Bertz CT molecular complexity index is 1170. The van der Waals surface area contributed by atoms with E-state index in [1.807, 2.05) is 41.8 Å². The van der Waals surface area contributed by atoms with E-state index < -0.39 is 0 Å². The monoisotopic (exact) mass is 376 g/mol. The molecule has 0 aliphatic rings. The second kappa shape index (κ2) is 7.05. The molecule has 0 aliphatic carbocycles. The van der Waals surface area contributed by atoms with Gasteiger partial charge in [0.1, 0.15) is 0 Å². The molecule has 0 bridgehead atoms. The number of aromatic nitrogens is 2. The van der Waals surface area contributed by atoms with Gasteiger partial charge in [-0.15, -0.1) is 11.3 Å². The number of nitrogens with zero attached hydrogens (tertiary/aromatic N) is 2. The molecule has 6 nitrogen and oxygen atoms in total. The predicted octanol–water partition coefficient (Wildman–Crippen LogP) is 3.99. The first-order valence-corrected chi connectivity index (χ1v) is 9.17. The van der Waals surface area contributed by atoms with E-state index in [0.717, 1.165) is 16.0 Å². The van der Waals surface area contributed by atoms with E-state index in [4.69, 9.17) is 0 Å². The Hall–Kier alpha value is -3.45. The zero-order valence-electron chi connectivity index (χ0n) is 14.5. The number of thiophene rings is 1. The number of carbonyl (C=O) groups excluding carboxylic acids is 1. The molecule has 0 atom stereocenters. The number of carbonyl (C=O) groups is 1. The maximum atomic E-state index is 12.5. The van der Waals surface area contributed by atoms with E-state index >= 15 is 0 Å². The topological polar surface area (TPSA) is 76.0 Å². The standard InChI is InChI=1S/C20H16N4O2S/c1-24-16-6-3-2-5-15(16)22-18(20(24)26)21-14-10-8-13(9-11-14)19(25)23-17-7-4-12-27-17/h2-12H,1H3,(H,21,22)(H,23,25). The van der Waals surface area contributed by atoms with E-state index in [1.54, 1.807) is 35.9 Å². The van der Waals surface area contributed by atoms with Gasteiger partial charge in [0, 0.05) is 18.3 Å². The maximum Gasteiger partial charge on any atom is 0.293 e. The van der Waals surface area contributed by atoms with Crippen molar-refractivity contribution in [1.29, 1.82) is 0 Å². The van der Waals surface area contributed by atoms with Crippen LogP contribution >= 0.6 is 11.3 Å². The lowest BCUT2D eigenvalue weighted by molar-refractivity contribution is 0.102. The summed E-state index contributed by atoms with van der Waals surface area (Å²) in [6, 6.07) is 18.1. The summed E-state index contributed by atoms with van der Waals surface area (Å²) in [4.78, 5) is 29.2. The van der Waals surface area contributed by atoms with Crippen molar-refractivity contribution in [2.45, 2.75) is 0 Å². The maximum absolute atomic E-state index is 12.5. The molecule has 0 fully saturated rings. The Morgan fingerprint density at radius 3 is 2.56 bits per heavy atom. The number of amides is 1. The summed E-state index contributed by atoms with van der Waals surface area (Å²) in [5, 5.41) is 8.58. The molecular formula is C20H16N4O2S. The summed E-state index contributed by atoms with van der Waals surface area (Å²) >= 11 is 1.47. The number of anilines is 3. The second-order valence-corrected chi connectivity index (χ2v) is 6.89. The third kappa shape index (κ3) is 3.45. The van der Waals surface area contributed by atoms with Gasteiger partial charge in [0.15, 0.2) is 5.82 Å². The average molecular weight is 376 g/mol. The number of fused-ring (bicyclic) bond motifs is 1. The first-order chi connectivity index (χ1) is 13.1.